The molecule has 4 aromatic carbocycles. The summed E-state index contributed by atoms with van der Waals surface area (Å²) in [6.45, 7) is 3.92. The van der Waals surface area contributed by atoms with Crippen LogP contribution in [0.4, 0.5) is 4.79 Å². The number of nitrogens with zero attached hydrogens (tertiary/aromatic N) is 4. The molecule has 0 fully saturated rings. The molecule has 2 N–H and O–H groups in total. The quantitative estimate of drug-likeness (QED) is 0.199. The van der Waals surface area contributed by atoms with Crippen molar-refractivity contribution in [1.29, 1.82) is 0 Å². The van der Waals surface area contributed by atoms with Crippen molar-refractivity contribution in [3.05, 3.63) is 126 Å². The van der Waals surface area contributed by atoms with Crippen molar-refractivity contribution in [1.82, 2.24) is 30.8 Å². The Kier molecular flexibility index (Phi) is 8.94. The van der Waals surface area contributed by atoms with E-state index in [1.807, 2.05) is 59.5 Å². The number of hydrogen-bond donors (Lipinski definition) is 2. The minimum Gasteiger partial charge on any atom is -0.337 e. The number of aromatic amines is 1. The van der Waals surface area contributed by atoms with Crippen LogP contribution in [0.1, 0.15) is 42.4 Å². The van der Waals surface area contributed by atoms with E-state index in [2.05, 4.69) is 87.5 Å². The SMILES string of the molecule is CCCCN(Cc1ccc(-c2ccccc2-c2nnn[nH]2)cc1)C(=O)NCC(c1ccccc1)c1ccccc1. The molecule has 0 radical (unpaired) electrons. The lowest BCUT2D eigenvalue weighted by Gasteiger charge is -2.25. The summed E-state index contributed by atoms with van der Waals surface area (Å²) in [6.07, 6.45) is 1.97. The summed E-state index contributed by atoms with van der Waals surface area (Å²) in [5.74, 6) is 0.713. The molecule has 0 saturated carbocycles. The number of carbonyl (C=O) groups excluding carboxylic acids is 1. The Morgan fingerprint density at radius 1 is 0.825 bits per heavy atom. The molecule has 2 amide bonds. The van der Waals surface area contributed by atoms with Crippen LogP contribution in [0.15, 0.2) is 109 Å². The molecule has 0 atom stereocenters. The second-order valence-electron chi connectivity index (χ2n) is 9.83. The minimum absolute atomic E-state index is 0.0439. The van der Waals surface area contributed by atoms with Crippen LogP contribution in [-0.2, 0) is 6.54 Å². The monoisotopic (exact) mass is 530 g/mol. The van der Waals surface area contributed by atoms with Gasteiger partial charge in [-0.1, -0.05) is 123 Å². The molecule has 0 aliphatic rings. The third-order valence-corrected chi connectivity index (χ3v) is 7.10. The second kappa shape index (κ2) is 13.3. The van der Waals surface area contributed by atoms with Crippen LogP contribution in [0, 0.1) is 0 Å². The highest BCUT2D eigenvalue weighted by atomic mass is 16.2. The van der Waals surface area contributed by atoms with Gasteiger partial charge in [0.2, 0.25) is 0 Å². The van der Waals surface area contributed by atoms with Crippen molar-refractivity contribution < 1.29 is 4.79 Å². The van der Waals surface area contributed by atoms with Gasteiger partial charge in [0.05, 0.1) is 0 Å². The van der Waals surface area contributed by atoms with Gasteiger partial charge in [-0.15, -0.1) is 5.10 Å². The number of H-pyrrole nitrogens is 1. The van der Waals surface area contributed by atoms with E-state index in [1.54, 1.807) is 0 Å². The average molecular weight is 531 g/mol. The molecule has 1 aromatic heterocycles. The van der Waals surface area contributed by atoms with Gasteiger partial charge in [0.1, 0.15) is 0 Å². The molecule has 0 aliphatic heterocycles. The third kappa shape index (κ3) is 6.61. The molecular formula is C33H34N6O. The lowest BCUT2D eigenvalue weighted by atomic mass is 9.91. The largest absolute Gasteiger partial charge is 0.337 e. The smallest absolute Gasteiger partial charge is 0.317 e. The predicted octanol–water partition coefficient (Wildman–Crippen LogP) is 6.68. The van der Waals surface area contributed by atoms with Gasteiger partial charge in [0.15, 0.2) is 5.82 Å². The predicted molar refractivity (Wildman–Crippen MR) is 158 cm³/mol. The van der Waals surface area contributed by atoms with Gasteiger partial charge in [0, 0.05) is 31.1 Å². The molecule has 0 spiro atoms. The summed E-state index contributed by atoms with van der Waals surface area (Å²) in [6, 6.07) is 37.1. The normalized spacial score (nSPS) is 10.9. The standard InChI is InChI=1S/C33H34N6O/c1-2-3-22-39(33(40)34-23-31(26-12-6-4-7-13-26)27-14-8-5-9-15-27)24-25-18-20-28(21-19-25)29-16-10-11-17-30(29)32-35-37-38-36-32/h4-21,31H,2-3,22-24H2,1H3,(H,34,40)(H,35,36,37,38). The molecule has 5 aromatic rings. The van der Waals surface area contributed by atoms with Crippen molar-refractivity contribution in [2.75, 3.05) is 13.1 Å². The maximum absolute atomic E-state index is 13.5. The number of rotatable bonds is 11. The molecule has 5 rings (SSSR count). The van der Waals surface area contributed by atoms with E-state index < -0.39 is 0 Å². The Morgan fingerprint density at radius 3 is 2.05 bits per heavy atom. The van der Waals surface area contributed by atoms with Crippen molar-refractivity contribution >= 4 is 6.03 Å². The third-order valence-electron chi connectivity index (χ3n) is 7.10. The zero-order valence-corrected chi connectivity index (χ0v) is 22.7. The van der Waals surface area contributed by atoms with Gasteiger partial charge in [0.25, 0.3) is 0 Å². The number of unbranched alkanes of at least 4 members (excludes halogenated alkanes) is 1. The van der Waals surface area contributed by atoms with Crippen LogP contribution < -0.4 is 5.32 Å². The molecule has 1 heterocycles. The van der Waals surface area contributed by atoms with E-state index in [1.165, 1.54) is 11.1 Å². The maximum Gasteiger partial charge on any atom is 0.317 e. The first-order valence-corrected chi connectivity index (χ1v) is 13.8. The Labute approximate surface area is 235 Å². The maximum atomic E-state index is 13.5. The van der Waals surface area contributed by atoms with Crippen LogP contribution in [0.3, 0.4) is 0 Å². The molecule has 7 heteroatoms. The number of nitrogens with one attached hydrogen (secondary N) is 2. The molecular weight excluding hydrogens is 496 g/mol. The van der Waals surface area contributed by atoms with E-state index in [-0.39, 0.29) is 11.9 Å². The van der Waals surface area contributed by atoms with E-state index in [0.29, 0.717) is 25.5 Å². The van der Waals surface area contributed by atoms with Crippen LogP contribution in [0.2, 0.25) is 0 Å². The molecule has 0 bridgehead atoms. The number of urea groups is 1. The first-order chi connectivity index (χ1) is 19.7. The fourth-order valence-electron chi connectivity index (χ4n) is 4.93. The van der Waals surface area contributed by atoms with Gasteiger partial charge in [-0.3, -0.25) is 0 Å². The van der Waals surface area contributed by atoms with Gasteiger partial charge >= 0.3 is 6.03 Å². The zero-order valence-electron chi connectivity index (χ0n) is 22.7. The van der Waals surface area contributed by atoms with Gasteiger partial charge in [-0.25, -0.2) is 9.89 Å². The van der Waals surface area contributed by atoms with Gasteiger partial charge < -0.3 is 10.2 Å². The molecule has 0 saturated heterocycles. The highest BCUT2D eigenvalue weighted by molar-refractivity contribution is 5.80. The highest BCUT2D eigenvalue weighted by Gasteiger charge is 2.19. The topological polar surface area (TPSA) is 86.8 Å². The van der Waals surface area contributed by atoms with E-state index >= 15 is 0 Å². The number of benzene rings is 4. The summed E-state index contributed by atoms with van der Waals surface area (Å²) in [4.78, 5) is 15.4. The van der Waals surface area contributed by atoms with E-state index in [0.717, 1.165) is 35.1 Å². The fraction of sp³-hybridized carbons (Fsp3) is 0.212. The van der Waals surface area contributed by atoms with Crippen LogP contribution in [0.5, 0.6) is 0 Å². The van der Waals surface area contributed by atoms with Gasteiger partial charge in [-0.05, 0) is 44.7 Å². The van der Waals surface area contributed by atoms with Gasteiger partial charge in [-0.2, -0.15) is 0 Å². The number of tetrazole rings is 1. The Bertz CT molecular complexity index is 1430. The Morgan fingerprint density at radius 2 is 1.45 bits per heavy atom. The molecule has 202 valence electrons. The number of hydrogen-bond acceptors (Lipinski definition) is 4. The summed E-state index contributed by atoms with van der Waals surface area (Å²) < 4.78 is 0. The number of carbonyl (C=O) groups is 1. The molecule has 0 unspecified atom stereocenters. The van der Waals surface area contributed by atoms with Crippen LogP contribution >= 0.6 is 0 Å². The first kappa shape index (κ1) is 26.8. The highest BCUT2D eigenvalue weighted by Crippen LogP contribution is 2.30. The zero-order chi connectivity index (χ0) is 27.6. The van der Waals surface area contributed by atoms with E-state index in [9.17, 15) is 4.79 Å². The Balaban J connectivity index is 1.30. The Hall–Kier alpha value is -4.78. The fourth-order valence-corrected chi connectivity index (χ4v) is 4.93. The number of amides is 2. The second-order valence-corrected chi connectivity index (χ2v) is 9.83. The van der Waals surface area contributed by atoms with Crippen LogP contribution in [-0.4, -0.2) is 44.6 Å². The summed E-state index contributed by atoms with van der Waals surface area (Å²) in [5.41, 5.74) is 6.50. The molecule has 7 nitrogen and oxygen atoms in total. The first-order valence-electron chi connectivity index (χ1n) is 13.8. The minimum atomic E-state index is -0.0439. The summed E-state index contributed by atoms with van der Waals surface area (Å²) in [7, 11) is 0. The van der Waals surface area contributed by atoms with Crippen molar-refractivity contribution in [3.63, 3.8) is 0 Å². The van der Waals surface area contributed by atoms with Crippen molar-refractivity contribution in [2.24, 2.45) is 0 Å². The summed E-state index contributed by atoms with van der Waals surface area (Å²) in [5, 5.41) is 17.6. The molecule has 0 aliphatic carbocycles. The molecule has 40 heavy (non-hydrogen) atoms. The van der Waals surface area contributed by atoms with Crippen molar-refractivity contribution in [3.8, 4) is 22.5 Å². The average Bonchev–Trinajstić information content (AvgIpc) is 3.56. The van der Waals surface area contributed by atoms with Crippen LogP contribution in [0.25, 0.3) is 22.5 Å². The lowest BCUT2D eigenvalue weighted by Crippen LogP contribution is -2.41. The van der Waals surface area contributed by atoms with E-state index in [4.69, 9.17) is 0 Å². The number of aromatic nitrogens is 4. The summed E-state index contributed by atoms with van der Waals surface area (Å²) >= 11 is 0. The van der Waals surface area contributed by atoms with Crippen molar-refractivity contribution in [2.45, 2.75) is 32.2 Å². The lowest BCUT2D eigenvalue weighted by molar-refractivity contribution is 0.194.